The van der Waals surface area contributed by atoms with Crippen LogP contribution in [-0.4, -0.2) is 62.3 Å². The van der Waals surface area contributed by atoms with Crippen LogP contribution < -0.4 is 20.9 Å². The lowest BCUT2D eigenvalue weighted by molar-refractivity contribution is -0.123. The van der Waals surface area contributed by atoms with Gasteiger partial charge in [-0.05, 0) is 55.3 Å². The lowest BCUT2D eigenvalue weighted by atomic mass is 10.1. The number of nitrogens with zero attached hydrogens (tertiary/aromatic N) is 4. The highest BCUT2D eigenvalue weighted by molar-refractivity contribution is 5.99. The van der Waals surface area contributed by atoms with Gasteiger partial charge in [0, 0.05) is 26.4 Å². The summed E-state index contributed by atoms with van der Waals surface area (Å²) in [6.07, 6.45) is 7.30. The maximum absolute atomic E-state index is 14.2. The Morgan fingerprint density at radius 3 is 2.70 bits per heavy atom. The molecule has 3 heterocycles. The lowest BCUT2D eigenvalue weighted by Crippen LogP contribution is -2.44. The Balaban J connectivity index is 1.32. The van der Waals surface area contributed by atoms with Gasteiger partial charge < -0.3 is 34.2 Å². The molecule has 2 aromatic carbocycles. The van der Waals surface area contributed by atoms with Crippen molar-refractivity contribution in [1.82, 2.24) is 29.7 Å². The predicted molar refractivity (Wildman–Crippen MR) is 166 cm³/mol. The number of rotatable bonds is 12. The van der Waals surface area contributed by atoms with Crippen molar-refractivity contribution < 1.29 is 32.3 Å². The highest BCUT2D eigenvalue weighted by atomic mass is 19.1. The number of hydrogen-bond acceptors (Lipinski definition) is 8. The van der Waals surface area contributed by atoms with E-state index in [1.165, 1.54) is 46.3 Å². The third-order valence-corrected chi connectivity index (χ3v) is 6.81. The molecule has 13 nitrogen and oxygen atoms in total. The van der Waals surface area contributed by atoms with Crippen LogP contribution in [-0.2, 0) is 16.1 Å². The number of imidazole rings is 1. The number of aromatic amines is 1. The first-order chi connectivity index (χ1) is 22.6. The third-order valence-electron chi connectivity index (χ3n) is 6.81. The molecule has 1 atom stereocenters. The molecule has 0 bridgehead atoms. The lowest BCUT2D eigenvalue weighted by Gasteiger charge is -2.17. The number of likely N-dealkylation sites (N-methyl/N-ethyl adjacent to an activating group) is 1. The van der Waals surface area contributed by atoms with Crippen LogP contribution in [0.2, 0.25) is 0 Å². The number of H-pyrrole nitrogens is 1. The number of halogens is 2. The van der Waals surface area contributed by atoms with E-state index in [0.29, 0.717) is 22.9 Å². The number of para-hydroxylation sites is 1. The molecule has 0 radical (unpaired) electrons. The normalized spacial score (nSPS) is 11.8. The minimum atomic E-state index is -1.11. The van der Waals surface area contributed by atoms with Crippen molar-refractivity contribution in [1.29, 1.82) is 0 Å². The molecule has 0 aliphatic heterocycles. The summed E-state index contributed by atoms with van der Waals surface area (Å²) in [6.45, 7) is -0.0312. The summed E-state index contributed by atoms with van der Waals surface area (Å²) in [7, 11) is 3.20. The van der Waals surface area contributed by atoms with Crippen LogP contribution in [0.4, 0.5) is 14.5 Å². The van der Waals surface area contributed by atoms with Crippen LogP contribution in [0.5, 0.6) is 11.5 Å². The quantitative estimate of drug-likeness (QED) is 0.172. The van der Waals surface area contributed by atoms with Crippen molar-refractivity contribution >= 4 is 34.4 Å². The average molecular weight is 646 g/mol. The second-order valence-corrected chi connectivity index (χ2v) is 10.4. The number of allylic oxidation sites excluding steroid dienone is 1. The zero-order chi connectivity index (χ0) is 33.5. The molecule has 0 spiro atoms. The highest BCUT2D eigenvalue weighted by Gasteiger charge is 2.24. The molecule has 5 aromatic rings. The number of pyridine rings is 1. The number of nitrogens with one attached hydrogen (secondary N) is 3. The van der Waals surface area contributed by atoms with E-state index in [1.807, 2.05) is 0 Å². The zero-order valence-electron chi connectivity index (χ0n) is 25.2. The van der Waals surface area contributed by atoms with E-state index >= 15 is 0 Å². The number of oxazole rings is 1. The molecule has 0 saturated heterocycles. The number of benzene rings is 2. The fourth-order valence-electron chi connectivity index (χ4n) is 4.45. The largest absolute Gasteiger partial charge is 0.452 e. The van der Waals surface area contributed by atoms with E-state index in [9.17, 15) is 28.0 Å². The van der Waals surface area contributed by atoms with E-state index in [4.69, 9.17) is 9.15 Å². The Hall–Kier alpha value is -6.12. The van der Waals surface area contributed by atoms with Gasteiger partial charge in [0.05, 0.1) is 18.3 Å². The summed E-state index contributed by atoms with van der Waals surface area (Å²) in [5, 5.41) is 5.13. The van der Waals surface area contributed by atoms with Gasteiger partial charge in [-0.2, -0.15) is 0 Å². The van der Waals surface area contributed by atoms with Crippen LogP contribution in [0.15, 0.2) is 88.6 Å². The van der Waals surface area contributed by atoms with Gasteiger partial charge >= 0.3 is 5.91 Å². The Bertz CT molecular complexity index is 2000. The number of hydrogen-bond donors (Lipinski definition) is 3. The summed E-state index contributed by atoms with van der Waals surface area (Å²) in [5.74, 6) is -3.09. The monoisotopic (exact) mass is 645 g/mol. The second-order valence-electron chi connectivity index (χ2n) is 10.4. The maximum atomic E-state index is 14.2. The van der Waals surface area contributed by atoms with Crippen LogP contribution >= 0.6 is 0 Å². The molecule has 0 aliphatic rings. The number of amides is 3. The summed E-state index contributed by atoms with van der Waals surface area (Å²) >= 11 is 0. The minimum Gasteiger partial charge on any atom is -0.452 e. The molecule has 3 N–H and O–H groups in total. The number of anilines is 1. The van der Waals surface area contributed by atoms with Crippen molar-refractivity contribution in [3.8, 4) is 11.5 Å². The van der Waals surface area contributed by atoms with E-state index < -0.39 is 35.0 Å². The van der Waals surface area contributed by atoms with Gasteiger partial charge in [-0.15, -0.1) is 0 Å². The number of carbonyl (C=O) groups is 3. The molecular formula is C32H29F2N7O6. The summed E-state index contributed by atoms with van der Waals surface area (Å²) < 4.78 is 39.5. The number of carbonyl (C=O) groups excluding carboxylic acids is 3. The minimum absolute atomic E-state index is 0.0312. The first kappa shape index (κ1) is 32.3. The zero-order valence-corrected chi connectivity index (χ0v) is 25.2. The van der Waals surface area contributed by atoms with Crippen LogP contribution in [0, 0.1) is 11.6 Å². The fourth-order valence-corrected chi connectivity index (χ4v) is 4.45. The smallest absolute Gasteiger partial charge is 0.307 e. The van der Waals surface area contributed by atoms with Crippen molar-refractivity contribution in [2.24, 2.45) is 0 Å². The molecule has 47 heavy (non-hydrogen) atoms. The molecule has 0 fully saturated rings. The van der Waals surface area contributed by atoms with Gasteiger partial charge in [-0.3, -0.25) is 19.2 Å². The number of aromatic nitrogens is 4. The molecule has 0 aliphatic carbocycles. The summed E-state index contributed by atoms with van der Waals surface area (Å²) in [6, 6.07) is 9.76. The van der Waals surface area contributed by atoms with Crippen molar-refractivity contribution in [3.05, 3.63) is 113 Å². The Labute approximate surface area is 265 Å². The van der Waals surface area contributed by atoms with Gasteiger partial charge in [-0.1, -0.05) is 12.1 Å². The van der Waals surface area contributed by atoms with Gasteiger partial charge in [0.25, 0.3) is 11.4 Å². The third kappa shape index (κ3) is 7.94. The first-order valence-corrected chi connectivity index (χ1v) is 14.3. The number of ether oxygens (including phenoxy) is 1. The van der Waals surface area contributed by atoms with E-state index in [-0.39, 0.29) is 48.4 Å². The standard InChI is InChI=1S/C32H29F2N7O6/c1-40(2)27(42)11-4-3-7-22(37-30(44)31-35-14-16-46-31)29(43)38-23-9-6-15-41(32(23)45)18-26-36-21-8-5-10-25(28(21)39-26)47-24-13-12-19(33)17-20(24)34/h4-6,8-17,22H,3,7,18H2,1-2H3,(H,36,39)(H,37,44)(H,38,43)/b11-4+/t22-/m0/s1. The van der Waals surface area contributed by atoms with Gasteiger partial charge in [0.1, 0.15) is 35.2 Å². The van der Waals surface area contributed by atoms with Crippen LogP contribution in [0.3, 0.4) is 0 Å². The van der Waals surface area contributed by atoms with Gasteiger partial charge in [0.2, 0.25) is 11.8 Å². The SMILES string of the molecule is CN(C)C(=O)/C=C/CC[C@H](NC(=O)c1ncco1)C(=O)Nc1cccn(Cc2nc3cccc(Oc4ccc(F)cc4F)c3[nH]2)c1=O. The molecule has 3 aromatic heterocycles. The Morgan fingerprint density at radius 1 is 1.13 bits per heavy atom. The van der Waals surface area contributed by atoms with E-state index in [2.05, 4.69) is 25.6 Å². The Morgan fingerprint density at radius 2 is 1.96 bits per heavy atom. The van der Waals surface area contributed by atoms with E-state index in [0.717, 1.165) is 6.07 Å². The van der Waals surface area contributed by atoms with Crippen molar-refractivity contribution in [3.63, 3.8) is 0 Å². The van der Waals surface area contributed by atoms with Crippen molar-refractivity contribution in [2.45, 2.75) is 25.4 Å². The average Bonchev–Trinajstić information content (AvgIpc) is 3.73. The Kier molecular flexibility index (Phi) is 9.84. The van der Waals surface area contributed by atoms with E-state index in [1.54, 1.807) is 44.4 Å². The fraction of sp³-hybridized carbons (Fsp3) is 0.188. The number of fused-ring (bicyclic) bond motifs is 1. The molecule has 0 unspecified atom stereocenters. The van der Waals surface area contributed by atoms with Gasteiger partial charge in [0.15, 0.2) is 17.3 Å². The molecule has 242 valence electrons. The topological polar surface area (TPSA) is 164 Å². The highest BCUT2D eigenvalue weighted by Crippen LogP contribution is 2.30. The predicted octanol–water partition coefficient (Wildman–Crippen LogP) is 3.99. The van der Waals surface area contributed by atoms with Crippen LogP contribution in [0.25, 0.3) is 11.0 Å². The van der Waals surface area contributed by atoms with Gasteiger partial charge in [-0.25, -0.2) is 18.7 Å². The molecule has 3 amide bonds. The maximum Gasteiger partial charge on any atom is 0.307 e. The molecule has 0 saturated carbocycles. The summed E-state index contributed by atoms with van der Waals surface area (Å²) in [4.78, 5) is 63.9. The molecule has 5 rings (SSSR count). The molecule has 15 heteroatoms. The molecular weight excluding hydrogens is 616 g/mol. The van der Waals surface area contributed by atoms with Crippen molar-refractivity contribution in [2.75, 3.05) is 19.4 Å². The first-order valence-electron chi connectivity index (χ1n) is 14.3. The summed E-state index contributed by atoms with van der Waals surface area (Å²) in [5.41, 5.74) is 0.289. The van der Waals surface area contributed by atoms with Crippen LogP contribution in [0.1, 0.15) is 29.4 Å². The second kappa shape index (κ2) is 14.3.